The molecule has 0 aliphatic heterocycles. The van der Waals surface area contributed by atoms with Crippen molar-refractivity contribution in [3.05, 3.63) is 59.4 Å². The van der Waals surface area contributed by atoms with Crippen molar-refractivity contribution in [2.24, 2.45) is 0 Å². The highest BCUT2D eigenvalue weighted by Gasteiger charge is 2.11. The molecule has 21 heavy (non-hydrogen) atoms. The summed E-state index contributed by atoms with van der Waals surface area (Å²) in [6.07, 6.45) is 2.17. The second-order valence-electron chi connectivity index (χ2n) is 5.45. The van der Waals surface area contributed by atoms with Gasteiger partial charge in [-0.1, -0.05) is 44.2 Å². The topological polar surface area (TPSA) is 12.0 Å². The zero-order valence-electron chi connectivity index (χ0n) is 13.1. The zero-order valence-corrected chi connectivity index (χ0v) is 13.1. The molecule has 0 amide bonds. The lowest BCUT2D eigenvalue weighted by molar-refractivity contribution is 0.518. The summed E-state index contributed by atoms with van der Waals surface area (Å²) in [5.41, 5.74) is 4.04. The van der Waals surface area contributed by atoms with Crippen LogP contribution in [0.15, 0.2) is 42.5 Å². The smallest absolute Gasteiger partial charge is 0.126 e. The molecule has 1 nitrogen and oxygen atoms in total. The summed E-state index contributed by atoms with van der Waals surface area (Å²) in [7, 11) is 0. The molecule has 2 aromatic carbocycles. The van der Waals surface area contributed by atoms with E-state index < -0.39 is 0 Å². The van der Waals surface area contributed by atoms with Crippen LogP contribution in [0.2, 0.25) is 0 Å². The molecule has 2 aromatic rings. The summed E-state index contributed by atoms with van der Waals surface area (Å²) >= 11 is 0. The van der Waals surface area contributed by atoms with Gasteiger partial charge in [-0.2, -0.15) is 0 Å². The van der Waals surface area contributed by atoms with Gasteiger partial charge in [-0.25, -0.2) is 4.39 Å². The summed E-state index contributed by atoms with van der Waals surface area (Å²) in [5.74, 6) is -0.144. The average molecular weight is 285 g/mol. The molecule has 0 spiro atoms. The first kappa shape index (κ1) is 15.7. The Morgan fingerprint density at radius 1 is 1.10 bits per heavy atom. The minimum atomic E-state index is -0.144. The molecule has 0 bridgehead atoms. The average Bonchev–Trinajstić information content (AvgIpc) is 2.51. The van der Waals surface area contributed by atoms with Gasteiger partial charge < -0.3 is 5.32 Å². The van der Waals surface area contributed by atoms with Gasteiger partial charge in [0, 0.05) is 6.04 Å². The van der Waals surface area contributed by atoms with Crippen LogP contribution in [0.4, 0.5) is 4.39 Å². The van der Waals surface area contributed by atoms with Gasteiger partial charge in [0.2, 0.25) is 0 Å². The van der Waals surface area contributed by atoms with E-state index in [1.807, 2.05) is 13.0 Å². The molecule has 1 atom stereocenters. The predicted molar refractivity (Wildman–Crippen MR) is 87.9 cm³/mol. The van der Waals surface area contributed by atoms with Gasteiger partial charge in [0.15, 0.2) is 0 Å². The third-order valence-electron chi connectivity index (χ3n) is 3.92. The Kier molecular flexibility index (Phi) is 5.51. The van der Waals surface area contributed by atoms with Crippen molar-refractivity contribution in [3.8, 4) is 11.1 Å². The molecule has 2 heteroatoms. The maximum Gasteiger partial charge on any atom is 0.126 e. The summed E-state index contributed by atoms with van der Waals surface area (Å²) in [6, 6.07) is 14.1. The van der Waals surface area contributed by atoms with Gasteiger partial charge in [-0.05, 0) is 60.7 Å². The van der Waals surface area contributed by atoms with Gasteiger partial charge in [0.1, 0.15) is 5.82 Å². The molecule has 0 radical (unpaired) electrons. The second-order valence-corrected chi connectivity index (χ2v) is 5.45. The predicted octanol–water partition coefficient (Wildman–Crippen LogP) is 5.25. The van der Waals surface area contributed by atoms with E-state index in [9.17, 15) is 4.39 Å². The summed E-state index contributed by atoms with van der Waals surface area (Å²) in [6.45, 7) is 7.21. The quantitative estimate of drug-likeness (QED) is 0.764. The number of hydrogen-bond acceptors (Lipinski definition) is 1. The highest BCUT2D eigenvalue weighted by Crippen LogP contribution is 2.28. The van der Waals surface area contributed by atoms with E-state index in [-0.39, 0.29) is 5.82 Å². The van der Waals surface area contributed by atoms with Crippen molar-refractivity contribution in [1.82, 2.24) is 5.32 Å². The van der Waals surface area contributed by atoms with Crippen molar-refractivity contribution in [1.29, 1.82) is 0 Å². The lowest BCUT2D eigenvalue weighted by Gasteiger charge is -2.18. The monoisotopic (exact) mass is 285 g/mol. The molecule has 0 saturated carbocycles. The molecule has 1 N–H and O–H groups in total. The highest BCUT2D eigenvalue weighted by atomic mass is 19.1. The second kappa shape index (κ2) is 7.37. The van der Waals surface area contributed by atoms with Crippen LogP contribution in [-0.4, -0.2) is 6.54 Å². The van der Waals surface area contributed by atoms with Crippen LogP contribution in [0, 0.1) is 12.7 Å². The Morgan fingerprint density at radius 3 is 2.57 bits per heavy atom. The van der Waals surface area contributed by atoms with Crippen LogP contribution in [0.25, 0.3) is 11.1 Å². The zero-order chi connectivity index (χ0) is 15.2. The minimum absolute atomic E-state index is 0.144. The van der Waals surface area contributed by atoms with Crippen LogP contribution in [0.1, 0.15) is 43.9 Å². The molecule has 0 aliphatic rings. The summed E-state index contributed by atoms with van der Waals surface area (Å²) in [5, 5.41) is 3.57. The Balaban J connectivity index is 2.34. The lowest BCUT2D eigenvalue weighted by Crippen LogP contribution is -2.21. The van der Waals surface area contributed by atoms with Crippen molar-refractivity contribution in [2.45, 2.75) is 39.7 Å². The maximum atomic E-state index is 13.7. The van der Waals surface area contributed by atoms with E-state index in [0.717, 1.165) is 30.5 Å². The van der Waals surface area contributed by atoms with E-state index in [1.165, 1.54) is 11.6 Å². The van der Waals surface area contributed by atoms with E-state index >= 15 is 0 Å². The first-order chi connectivity index (χ1) is 10.2. The number of halogens is 1. The molecule has 0 aliphatic carbocycles. The van der Waals surface area contributed by atoms with Crippen LogP contribution >= 0.6 is 0 Å². The normalized spacial score (nSPS) is 12.4. The fourth-order valence-electron chi connectivity index (χ4n) is 2.66. The van der Waals surface area contributed by atoms with Gasteiger partial charge in [0.05, 0.1) is 0 Å². The third-order valence-corrected chi connectivity index (χ3v) is 3.92. The van der Waals surface area contributed by atoms with Crippen molar-refractivity contribution in [2.75, 3.05) is 6.54 Å². The largest absolute Gasteiger partial charge is 0.310 e. The van der Waals surface area contributed by atoms with E-state index in [1.54, 1.807) is 6.07 Å². The molecular formula is C19H24FN. The molecule has 0 heterocycles. The van der Waals surface area contributed by atoms with Crippen molar-refractivity contribution < 1.29 is 4.39 Å². The number of hydrogen-bond donors (Lipinski definition) is 1. The Bertz CT molecular complexity index is 592. The Labute approximate surface area is 127 Å². The van der Waals surface area contributed by atoms with Crippen LogP contribution in [-0.2, 0) is 0 Å². The Hall–Kier alpha value is -1.67. The van der Waals surface area contributed by atoms with Gasteiger partial charge in [-0.3, -0.25) is 0 Å². The lowest BCUT2D eigenvalue weighted by atomic mass is 9.95. The van der Waals surface area contributed by atoms with E-state index in [0.29, 0.717) is 11.6 Å². The standard InChI is InChI=1S/C19H24FN/c1-4-12-21-19(5-2)16-9-6-8-15(13-16)17-10-7-11-18(20)14(17)3/h6-11,13,19,21H,4-5,12H2,1-3H3. The molecule has 2 rings (SSSR count). The number of nitrogens with one attached hydrogen (secondary N) is 1. The molecule has 112 valence electrons. The van der Waals surface area contributed by atoms with Crippen LogP contribution in [0.5, 0.6) is 0 Å². The summed E-state index contributed by atoms with van der Waals surface area (Å²) < 4.78 is 13.7. The molecule has 0 fully saturated rings. The SMILES string of the molecule is CCCNC(CC)c1cccc(-c2cccc(F)c2C)c1. The highest BCUT2D eigenvalue weighted by molar-refractivity contribution is 5.68. The minimum Gasteiger partial charge on any atom is -0.310 e. The van der Waals surface area contributed by atoms with E-state index in [4.69, 9.17) is 0 Å². The molecular weight excluding hydrogens is 261 g/mol. The number of benzene rings is 2. The summed E-state index contributed by atoms with van der Waals surface area (Å²) in [4.78, 5) is 0. The maximum absolute atomic E-state index is 13.7. The van der Waals surface area contributed by atoms with Gasteiger partial charge >= 0.3 is 0 Å². The third kappa shape index (κ3) is 3.70. The Morgan fingerprint density at radius 2 is 1.86 bits per heavy atom. The van der Waals surface area contributed by atoms with Crippen molar-refractivity contribution in [3.63, 3.8) is 0 Å². The first-order valence-corrected chi connectivity index (χ1v) is 7.76. The van der Waals surface area contributed by atoms with Gasteiger partial charge in [0.25, 0.3) is 0 Å². The fourth-order valence-corrected chi connectivity index (χ4v) is 2.66. The van der Waals surface area contributed by atoms with Crippen LogP contribution < -0.4 is 5.32 Å². The molecule has 0 aromatic heterocycles. The van der Waals surface area contributed by atoms with Crippen LogP contribution in [0.3, 0.4) is 0 Å². The van der Waals surface area contributed by atoms with E-state index in [2.05, 4.69) is 43.4 Å². The molecule has 0 saturated heterocycles. The molecule has 1 unspecified atom stereocenters. The van der Waals surface area contributed by atoms with Gasteiger partial charge in [-0.15, -0.1) is 0 Å². The number of rotatable bonds is 6. The first-order valence-electron chi connectivity index (χ1n) is 7.76. The fraction of sp³-hybridized carbons (Fsp3) is 0.368. The van der Waals surface area contributed by atoms with Crippen molar-refractivity contribution >= 4 is 0 Å².